The van der Waals surface area contributed by atoms with Crippen molar-refractivity contribution in [3.8, 4) is 0 Å². The predicted molar refractivity (Wildman–Crippen MR) is 68.9 cm³/mol. The Kier molecular flexibility index (Phi) is 3.15. The summed E-state index contributed by atoms with van der Waals surface area (Å²) in [5.74, 6) is -0.872. The Labute approximate surface area is 109 Å². The van der Waals surface area contributed by atoms with Crippen LogP contribution in [0.5, 0.6) is 0 Å². The van der Waals surface area contributed by atoms with E-state index in [1.807, 2.05) is 0 Å². The molecule has 0 fully saturated rings. The number of fused-ring (bicyclic) bond motifs is 1. The van der Waals surface area contributed by atoms with Crippen LogP contribution in [0.2, 0.25) is 0 Å². The number of para-hydroxylation sites is 1. The first-order chi connectivity index (χ1) is 8.91. The van der Waals surface area contributed by atoms with Gasteiger partial charge in [-0.1, -0.05) is 18.2 Å². The first-order valence-electron chi connectivity index (χ1n) is 5.29. The predicted octanol–water partition coefficient (Wildman–Crippen LogP) is 1.05. The summed E-state index contributed by atoms with van der Waals surface area (Å²) in [7, 11) is -2.62. The monoisotopic (exact) mass is 281 g/mol. The molecule has 19 heavy (non-hydrogen) atoms. The largest absolute Gasteiger partial charge is 0.464 e. The van der Waals surface area contributed by atoms with E-state index in [0.717, 1.165) is 17.3 Å². The molecule has 0 atom stereocenters. The molecule has 0 saturated carbocycles. The molecule has 2 aromatic rings. The molecular formula is C12H11NO5S. The fourth-order valence-electron chi connectivity index (χ4n) is 1.99. The molecule has 0 bridgehead atoms. The number of methoxy groups -OCH3 is 1. The van der Waals surface area contributed by atoms with Gasteiger partial charge in [-0.2, -0.15) is 0 Å². The van der Waals surface area contributed by atoms with Gasteiger partial charge in [-0.25, -0.2) is 17.2 Å². The maximum absolute atomic E-state index is 11.9. The molecule has 0 spiro atoms. The molecule has 1 heterocycles. The molecule has 0 aliphatic heterocycles. The number of benzene rings is 1. The van der Waals surface area contributed by atoms with E-state index in [1.54, 1.807) is 18.2 Å². The molecule has 0 aliphatic carbocycles. The summed E-state index contributed by atoms with van der Waals surface area (Å²) in [5, 5.41) is 0.392. The molecule has 6 nitrogen and oxygen atoms in total. The zero-order valence-electron chi connectivity index (χ0n) is 10.3. The summed E-state index contributed by atoms with van der Waals surface area (Å²) in [6.45, 7) is 0. The van der Waals surface area contributed by atoms with Crippen molar-refractivity contribution in [1.82, 2.24) is 3.97 Å². The standard InChI is InChI=1S/C12H11NO5S/c1-18-12(15)11-9(7-14)8-5-3-4-6-10(8)13(11)19(2,16)17/h3-7H,1-2H3. The number of carbonyl (C=O) groups is 2. The Morgan fingerprint density at radius 2 is 1.95 bits per heavy atom. The van der Waals surface area contributed by atoms with E-state index in [1.165, 1.54) is 6.07 Å². The molecule has 0 unspecified atom stereocenters. The molecule has 1 aromatic carbocycles. The Morgan fingerprint density at radius 3 is 2.47 bits per heavy atom. The zero-order chi connectivity index (χ0) is 14.2. The second-order valence-electron chi connectivity index (χ2n) is 3.92. The van der Waals surface area contributed by atoms with E-state index in [9.17, 15) is 18.0 Å². The first kappa shape index (κ1) is 13.3. The second-order valence-corrected chi connectivity index (χ2v) is 5.75. The smallest absolute Gasteiger partial charge is 0.356 e. The number of carbonyl (C=O) groups excluding carboxylic acids is 2. The summed E-state index contributed by atoms with van der Waals surface area (Å²) >= 11 is 0. The van der Waals surface area contributed by atoms with Crippen LogP contribution in [0.3, 0.4) is 0 Å². The zero-order valence-corrected chi connectivity index (χ0v) is 11.1. The van der Waals surface area contributed by atoms with Crippen molar-refractivity contribution < 1.29 is 22.7 Å². The number of hydrogen-bond acceptors (Lipinski definition) is 5. The number of esters is 1. The highest BCUT2D eigenvalue weighted by Crippen LogP contribution is 2.26. The summed E-state index contributed by atoms with van der Waals surface area (Å²) in [6.07, 6.45) is 1.41. The number of aromatic nitrogens is 1. The van der Waals surface area contributed by atoms with Gasteiger partial charge in [0, 0.05) is 5.39 Å². The summed E-state index contributed by atoms with van der Waals surface area (Å²) < 4.78 is 29.1. The molecule has 0 aliphatic rings. The molecule has 1 aromatic heterocycles. The van der Waals surface area contributed by atoms with Gasteiger partial charge in [0.05, 0.1) is 24.4 Å². The third kappa shape index (κ3) is 2.01. The minimum atomic E-state index is -3.75. The van der Waals surface area contributed by atoms with Crippen LogP contribution in [-0.2, 0) is 14.8 Å². The van der Waals surface area contributed by atoms with Crippen molar-refractivity contribution in [3.63, 3.8) is 0 Å². The Bertz CT molecular complexity index is 773. The van der Waals surface area contributed by atoms with E-state index < -0.39 is 16.0 Å². The third-order valence-electron chi connectivity index (χ3n) is 2.70. The van der Waals surface area contributed by atoms with Crippen LogP contribution >= 0.6 is 0 Å². The maximum Gasteiger partial charge on any atom is 0.356 e. The summed E-state index contributed by atoms with van der Waals surface area (Å²) in [4.78, 5) is 22.9. The van der Waals surface area contributed by atoms with Crippen LogP contribution in [-0.4, -0.2) is 38.0 Å². The lowest BCUT2D eigenvalue weighted by molar-refractivity contribution is 0.0591. The van der Waals surface area contributed by atoms with Gasteiger partial charge in [0.15, 0.2) is 12.0 Å². The molecule has 7 heteroatoms. The van der Waals surface area contributed by atoms with Crippen molar-refractivity contribution in [1.29, 1.82) is 0 Å². The lowest BCUT2D eigenvalue weighted by Gasteiger charge is -2.06. The molecule has 0 N–H and O–H groups in total. The van der Waals surface area contributed by atoms with Crippen molar-refractivity contribution in [2.75, 3.05) is 13.4 Å². The van der Waals surface area contributed by atoms with Gasteiger partial charge < -0.3 is 4.74 Å². The lowest BCUT2D eigenvalue weighted by atomic mass is 10.1. The molecule has 2 rings (SSSR count). The Morgan fingerprint density at radius 1 is 1.32 bits per heavy atom. The Balaban J connectivity index is 3.06. The van der Waals surface area contributed by atoms with E-state index in [-0.39, 0.29) is 16.8 Å². The van der Waals surface area contributed by atoms with E-state index in [2.05, 4.69) is 4.74 Å². The molecule has 100 valence electrons. The SMILES string of the molecule is COC(=O)c1c(C=O)c2ccccc2n1S(C)(=O)=O. The molecular weight excluding hydrogens is 270 g/mol. The van der Waals surface area contributed by atoms with Gasteiger partial charge in [-0.15, -0.1) is 0 Å². The summed E-state index contributed by atoms with van der Waals surface area (Å²) in [5.41, 5.74) is 0.00146. The van der Waals surface area contributed by atoms with Crippen LogP contribution in [0.25, 0.3) is 10.9 Å². The van der Waals surface area contributed by atoms with E-state index in [0.29, 0.717) is 11.7 Å². The van der Waals surface area contributed by atoms with Crippen LogP contribution < -0.4 is 0 Å². The fourth-order valence-corrected chi connectivity index (χ4v) is 3.01. The molecule has 0 amide bonds. The average Bonchev–Trinajstić information content (AvgIpc) is 2.71. The second kappa shape index (κ2) is 4.51. The van der Waals surface area contributed by atoms with Crippen molar-refractivity contribution >= 4 is 33.2 Å². The summed E-state index contributed by atoms with van der Waals surface area (Å²) in [6, 6.07) is 6.38. The quantitative estimate of drug-likeness (QED) is 0.620. The number of hydrogen-bond donors (Lipinski definition) is 0. The Hall–Kier alpha value is -2.15. The van der Waals surface area contributed by atoms with Crippen molar-refractivity contribution in [3.05, 3.63) is 35.5 Å². The number of rotatable bonds is 3. The van der Waals surface area contributed by atoms with Crippen molar-refractivity contribution in [2.24, 2.45) is 0 Å². The van der Waals surface area contributed by atoms with Crippen LogP contribution in [0.4, 0.5) is 0 Å². The van der Waals surface area contributed by atoms with Gasteiger partial charge in [-0.05, 0) is 6.07 Å². The van der Waals surface area contributed by atoms with E-state index >= 15 is 0 Å². The minimum Gasteiger partial charge on any atom is -0.464 e. The number of aldehydes is 1. The maximum atomic E-state index is 11.9. The van der Waals surface area contributed by atoms with Gasteiger partial charge in [-0.3, -0.25) is 4.79 Å². The van der Waals surface area contributed by atoms with E-state index in [4.69, 9.17) is 0 Å². The van der Waals surface area contributed by atoms with Crippen molar-refractivity contribution in [2.45, 2.75) is 0 Å². The number of ether oxygens (including phenoxy) is 1. The minimum absolute atomic E-state index is 0.00729. The van der Waals surface area contributed by atoms with Gasteiger partial charge in [0.1, 0.15) is 0 Å². The highest BCUT2D eigenvalue weighted by Gasteiger charge is 2.27. The number of nitrogens with zero attached hydrogens (tertiary/aromatic N) is 1. The van der Waals surface area contributed by atoms with Crippen LogP contribution in [0.1, 0.15) is 20.8 Å². The third-order valence-corrected chi connectivity index (χ3v) is 3.74. The van der Waals surface area contributed by atoms with Crippen LogP contribution in [0, 0.1) is 0 Å². The first-order valence-corrected chi connectivity index (χ1v) is 7.14. The highest BCUT2D eigenvalue weighted by atomic mass is 32.2. The fraction of sp³-hybridized carbons (Fsp3) is 0.167. The van der Waals surface area contributed by atoms with Crippen LogP contribution in [0.15, 0.2) is 24.3 Å². The topological polar surface area (TPSA) is 82.4 Å². The molecule has 0 saturated heterocycles. The molecule has 0 radical (unpaired) electrons. The highest BCUT2D eigenvalue weighted by molar-refractivity contribution is 7.89. The normalized spacial score (nSPS) is 11.5. The van der Waals surface area contributed by atoms with Gasteiger partial charge in [0.25, 0.3) is 0 Å². The van der Waals surface area contributed by atoms with Gasteiger partial charge in [0.2, 0.25) is 10.0 Å². The average molecular weight is 281 g/mol. The van der Waals surface area contributed by atoms with Gasteiger partial charge >= 0.3 is 5.97 Å². The lowest BCUT2D eigenvalue weighted by Crippen LogP contribution is -2.18.